The largest absolute Gasteiger partial charge is 0.431 e. The maximum atomic E-state index is 11.8. The van der Waals surface area contributed by atoms with Crippen LogP contribution in [0.5, 0.6) is 11.6 Å². The second-order valence-corrected chi connectivity index (χ2v) is 6.99. The molecule has 4 aromatic rings. The molecular weight excluding hydrogens is 394 g/mol. The topological polar surface area (TPSA) is 103 Å². The van der Waals surface area contributed by atoms with Crippen molar-refractivity contribution in [2.45, 2.75) is 26.2 Å². The normalized spacial score (nSPS) is 10.7. The van der Waals surface area contributed by atoms with E-state index in [1.165, 1.54) is 11.9 Å². The molecule has 2 heterocycles. The Balaban J connectivity index is 1.64. The van der Waals surface area contributed by atoms with Crippen LogP contribution in [0.4, 0.5) is 17.2 Å². The molecule has 2 aromatic carbocycles. The molecule has 0 unspecified atom stereocenters. The smallest absolute Gasteiger partial charge is 0.373 e. The molecule has 2 aromatic heterocycles. The van der Waals surface area contributed by atoms with Crippen LogP contribution < -0.4 is 10.1 Å². The lowest BCUT2D eigenvalue weighted by Crippen LogP contribution is -2.04. The first kappa shape index (κ1) is 20.2. The Labute approximate surface area is 179 Å². The summed E-state index contributed by atoms with van der Waals surface area (Å²) in [5.74, 6) is 0.288. The van der Waals surface area contributed by atoms with E-state index in [0.29, 0.717) is 17.0 Å². The van der Waals surface area contributed by atoms with Crippen molar-refractivity contribution < 1.29 is 9.66 Å². The lowest BCUT2D eigenvalue weighted by Gasteiger charge is -2.11. The number of anilines is 2. The lowest BCUT2D eigenvalue weighted by atomic mass is 10.1. The molecule has 31 heavy (non-hydrogen) atoms. The fourth-order valence-corrected chi connectivity index (χ4v) is 3.23. The van der Waals surface area contributed by atoms with Gasteiger partial charge in [0.2, 0.25) is 5.82 Å². The van der Waals surface area contributed by atoms with E-state index in [4.69, 9.17) is 4.74 Å². The molecule has 4 rings (SSSR count). The molecule has 0 fully saturated rings. The van der Waals surface area contributed by atoms with Gasteiger partial charge in [-0.05, 0) is 42.7 Å². The van der Waals surface area contributed by atoms with Crippen LogP contribution in [-0.2, 0) is 6.42 Å². The van der Waals surface area contributed by atoms with Gasteiger partial charge < -0.3 is 10.1 Å². The minimum absolute atomic E-state index is 0.0597. The summed E-state index contributed by atoms with van der Waals surface area (Å²) in [6, 6.07) is 16.9. The molecule has 156 valence electrons. The fraction of sp³-hybridized carbons (Fsp3) is 0.174. The van der Waals surface area contributed by atoms with Crippen LogP contribution in [0.2, 0.25) is 0 Å². The highest BCUT2D eigenvalue weighted by molar-refractivity contribution is 5.84. The molecule has 0 aliphatic carbocycles. The van der Waals surface area contributed by atoms with E-state index in [1.807, 2.05) is 42.5 Å². The van der Waals surface area contributed by atoms with Gasteiger partial charge in [0.05, 0.1) is 4.92 Å². The van der Waals surface area contributed by atoms with Gasteiger partial charge in [-0.1, -0.05) is 43.7 Å². The highest BCUT2D eigenvalue weighted by Crippen LogP contribution is 2.37. The number of para-hydroxylation sites is 1. The SMILES string of the molecule is CCCCc1ccc(Nc2ncnc(Oc3cccc4cccnc34)c2[N+](=O)[O-])cc1. The van der Waals surface area contributed by atoms with Crippen molar-refractivity contribution in [1.29, 1.82) is 0 Å². The molecular formula is C23H21N5O3. The molecule has 1 N–H and O–H groups in total. The molecule has 0 atom stereocenters. The molecule has 0 aliphatic rings. The molecule has 0 amide bonds. The monoisotopic (exact) mass is 415 g/mol. The highest BCUT2D eigenvalue weighted by atomic mass is 16.6. The summed E-state index contributed by atoms with van der Waals surface area (Å²) in [4.78, 5) is 23.7. The number of fused-ring (bicyclic) bond motifs is 1. The number of rotatable bonds is 8. The number of unbranched alkanes of at least 4 members (excludes halogenated alkanes) is 1. The Morgan fingerprint density at radius 3 is 2.61 bits per heavy atom. The van der Waals surface area contributed by atoms with Gasteiger partial charge >= 0.3 is 11.6 Å². The Bertz CT molecular complexity index is 1210. The van der Waals surface area contributed by atoms with Gasteiger partial charge in [-0.2, -0.15) is 4.98 Å². The summed E-state index contributed by atoms with van der Waals surface area (Å²) >= 11 is 0. The third-order valence-electron chi connectivity index (χ3n) is 4.81. The van der Waals surface area contributed by atoms with Crippen LogP contribution in [0.15, 0.2) is 67.1 Å². The van der Waals surface area contributed by atoms with Gasteiger partial charge in [0.1, 0.15) is 11.8 Å². The Morgan fingerprint density at radius 1 is 1.03 bits per heavy atom. The summed E-state index contributed by atoms with van der Waals surface area (Å²) in [5, 5.41) is 15.7. The lowest BCUT2D eigenvalue weighted by molar-refractivity contribution is -0.385. The minimum Gasteiger partial charge on any atom is -0.431 e. The number of nitrogens with zero attached hydrogens (tertiary/aromatic N) is 4. The van der Waals surface area contributed by atoms with Gasteiger partial charge in [0, 0.05) is 17.3 Å². The summed E-state index contributed by atoms with van der Waals surface area (Å²) in [5.41, 5.74) is 2.16. The van der Waals surface area contributed by atoms with Crippen LogP contribution in [0.1, 0.15) is 25.3 Å². The zero-order chi connectivity index (χ0) is 21.6. The maximum absolute atomic E-state index is 11.8. The third kappa shape index (κ3) is 4.58. The van der Waals surface area contributed by atoms with Crippen molar-refractivity contribution in [1.82, 2.24) is 15.0 Å². The average molecular weight is 415 g/mol. The summed E-state index contributed by atoms with van der Waals surface area (Å²) < 4.78 is 5.83. The van der Waals surface area contributed by atoms with Gasteiger partial charge in [0.15, 0.2) is 5.75 Å². The third-order valence-corrected chi connectivity index (χ3v) is 4.81. The molecule has 8 nitrogen and oxygen atoms in total. The maximum Gasteiger partial charge on any atom is 0.373 e. The second kappa shape index (κ2) is 9.17. The number of hydrogen-bond donors (Lipinski definition) is 1. The second-order valence-electron chi connectivity index (χ2n) is 6.99. The van der Waals surface area contributed by atoms with Gasteiger partial charge in [-0.15, -0.1) is 0 Å². The van der Waals surface area contributed by atoms with Crippen molar-refractivity contribution in [3.05, 3.63) is 82.8 Å². The predicted octanol–water partition coefficient (Wildman–Crippen LogP) is 5.81. The van der Waals surface area contributed by atoms with E-state index in [2.05, 4.69) is 27.2 Å². The fourth-order valence-electron chi connectivity index (χ4n) is 3.23. The number of aryl methyl sites for hydroxylation is 1. The first-order valence-electron chi connectivity index (χ1n) is 10.0. The summed E-state index contributed by atoms with van der Waals surface area (Å²) in [6.07, 6.45) is 6.12. The van der Waals surface area contributed by atoms with Crippen LogP contribution in [-0.4, -0.2) is 19.9 Å². The van der Waals surface area contributed by atoms with Crippen molar-refractivity contribution in [2.75, 3.05) is 5.32 Å². The predicted molar refractivity (Wildman–Crippen MR) is 119 cm³/mol. The number of ether oxygens (including phenoxy) is 1. The Morgan fingerprint density at radius 2 is 1.84 bits per heavy atom. The molecule has 0 saturated carbocycles. The number of nitrogens with one attached hydrogen (secondary N) is 1. The molecule has 0 bridgehead atoms. The van der Waals surface area contributed by atoms with E-state index in [0.717, 1.165) is 24.6 Å². The van der Waals surface area contributed by atoms with Crippen LogP contribution in [0.3, 0.4) is 0 Å². The molecule has 0 radical (unpaired) electrons. The van der Waals surface area contributed by atoms with E-state index in [-0.39, 0.29) is 17.4 Å². The van der Waals surface area contributed by atoms with Gasteiger partial charge in [0.25, 0.3) is 0 Å². The van der Waals surface area contributed by atoms with Crippen LogP contribution >= 0.6 is 0 Å². The van der Waals surface area contributed by atoms with Crippen molar-refractivity contribution in [2.24, 2.45) is 0 Å². The minimum atomic E-state index is -0.550. The van der Waals surface area contributed by atoms with Crippen LogP contribution in [0, 0.1) is 10.1 Å². The first-order valence-corrected chi connectivity index (χ1v) is 10.0. The number of nitro groups is 1. The Kier molecular flexibility index (Phi) is 5.98. The zero-order valence-corrected chi connectivity index (χ0v) is 17.0. The zero-order valence-electron chi connectivity index (χ0n) is 17.0. The van der Waals surface area contributed by atoms with Crippen LogP contribution in [0.25, 0.3) is 10.9 Å². The van der Waals surface area contributed by atoms with Crippen molar-refractivity contribution in [3.8, 4) is 11.6 Å². The highest BCUT2D eigenvalue weighted by Gasteiger charge is 2.26. The number of benzene rings is 2. The van der Waals surface area contributed by atoms with Gasteiger partial charge in [-0.3, -0.25) is 15.1 Å². The quantitative estimate of drug-likeness (QED) is 0.286. The molecule has 0 spiro atoms. The van der Waals surface area contributed by atoms with Crippen molar-refractivity contribution >= 4 is 28.1 Å². The molecule has 0 saturated heterocycles. The number of hydrogen-bond acceptors (Lipinski definition) is 7. The summed E-state index contributed by atoms with van der Waals surface area (Å²) in [7, 11) is 0. The van der Waals surface area contributed by atoms with E-state index in [1.54, 1.807) is 18.3 Å². The van der Waals surface area contributed by atoms with E-state index >= 15 is 0 Å². The van der Waals surface area contributed by atoms with E-state index in [9.17, 15) is 10.1 Å². The molecule has 8 heteroatoms. The number of aromatic nitrogens is 3. The first-order chi connectivity index (χ1) is 15.2. The average Bonchev–Trinajstić information content (AvgIpc) is 2.79. The summed E-state index contributed by atoms with van der Waals surface area (Å²) in [6.45, 7) is 2.15. The standard InChI is InChI=1S/C23H21N5O3/c1-2-3-6-16-10-12-18(13-11-16)27-22-21(28(29)30)23(26-15-25-22)31-19-9-4-7-17-8-5-14-24-20(17)19/h4-5,7-15H,2-3,6H2,1H3,(H,25,26,27). The van der Waals surface area contributed by atoms with E-state index < -0.39 is 4.92 Å². The van der Waals surface area contributed by atoms with Crippen molar-refractivity contribution in [3.63, 3.8) is 0 Å². The van der Waals surface area contributed by atoms with Gasteiger partial charge in [-0.25, -0.2) is 4.98 Å². The molecule has 0 aliphatic heterocycles. The Hall–Kier alpha value is -4.07. The number of pyridine rings is 1.